The minimum absolute atomic E-state index is 0.0657. The number of alkyl halides is 4. The molecule has 0 bridgehead atoms. The molecule has 0 aromatic heterocycles. The van der Waals surface area contributed by atoms with Crippen LogP contribution in [0.5, 0.6) is 0 Å². The Kier molecular flexibility index (Phi) is 5.34. The molecule has 0 heterocycles. The van der Waals surface area contributed by atoms with Gasteiger partial charge < -0.3 is 0 Å². The maximum Gasteiger partial charge on any atom is 0.328 e. The van der Waals surface area contributed by atoms with Crippen molar-refractivity contribution in [2.24, 2.45) is 3.77 Å². The van der Waals surface area contributed by atoms with E-state index in [0.717, 1.165) is 6.26 Å². The highest BCUT2D eigenvalue weighted by Crippen LogP contribution is 2.22. The molecule has 5 nitrogen and oxygen atoms in total. The molecule has 0 radical (unpaired) electrons. The summed E-state index contributed by atoms with van der Waals surface area (Å²) < 4.78 is 88.4. The normalized spacial score (nSPS) is 15.7. The van der Waals surface area contributed by atoms with Crippen LogP contribution in [0.25, 0.3) is 0 Å². The number of hydrogen-bond acceptors (Lipinski definition) is 3. The molecule has 21 heavy (non-hydrogen) atoms. The standard InChI is InChI=1S/C10H12F4N2O3S2/c1-20(17,8-5-3-2-4-6-8)16-21(18,19)15-7-10(13,14)9(11)12/h2-6,9,15H,7H2,1H3. The minimum Gasteiger partial charge on any atom is -0.244 e. The Hall–Kier alpha value is -1.20. The molecule has 1 unspecified atom stereocenters. The predicted molar refractivity (Wildman–Crippen MR) is 69.1 cm³/mol. The first kappa shape index (κ1) is 17.9. The average Bonchev–Trinajstić information content (AvgIpc) is 2.36. The zero-order valence-electron chi connectivity index (χ0n) is 10.7. The van der Waals surface area contributed by atoms with Crippen LogP contribution in [0.15, 0.2) is 39.0 Å². The van der Waals surface area contributed by atoms with Crippen molar-refractivity contribution in [3.8, 4) is 0 Å². The summed E-state index contributed by atoms with van der Waals surface area (Å²) in [4.78, 5) is 0.0657. The summed E-state index contributed by atoms with van der Waals surface area (Å²) in [6.45, 7) is -1.83. The van der Waals surface area contributed by atoms with Crippen LogP contribution in [0.3, 0.4) is 0 Å². The van der Waals surface area contributed by atoms with E-state index < -0.39 is 38.8 Å². The lowest BCUT2D eigenvalue weighted by Gasteiger charge is -2.14. The average molecular weight is 348 g/mol. The van der Waals surface area contributed by atoms with E-state index in [1.807, 2.05) is 0 Å². The SMILES string of the molecule is CS(=O)(=NS(=O)(=O)NCC(F)(F)C(F)F)c1ccccc1. The summed E-state index contributed by atoms with van der Waals surface area (Å²) in [6, 6.07) is 7.25. The highest BCUT2D eigenvalue weighted by molar-refractivity contribution is 8.02. The van der Waals surface area contributed by atoms with Gasteiger partial charge in [0.15, 0.2) is 0 Å². The Balaban J connectivity index is 3.00. The maximum atomic E-state index is 12.6. The third kappa shape index (κ3) is 5.25. The largest absolute Gasteiger partial charge is 0.328 e. The van der Waals surface area contributed by atoms with Crippen molar-refractivity contribution in [2.75, 3.05) is 12.8 Å². The predicted octanol–water partition coefficient (Wildman–Crippen LogP) is 1.88. The topological polar surface area (TPSA) is 75.6 Å². The summed E-state index contributed by atoms with van der Waals surface area (Å²) in [6.07, 6.45) is -3.03. The molecule has 0 aliphatic carbocycles. The molecule has 1 N–H and O–H groups in total. The zero-order valence-corrected chi connectivity index (χ0v) is 12.3. The highest BCUT2D eigenvalue weighted by Gasteiger charge is 2.41. The smallest absolute Gasteiger partial charge is 0.244 e. The van der Waals surface area contributed by atoms with E-state index in [2.05, 4.69) is 3.77 Å². The molecular formula is C10H12F4N2O3S2. The number of nitrogens with one attached hydrogen (secondary N) is 1. The first-order valence-electron chi connectivity index (χ1n) is 5.40. The van der Waals surface area contributed by atoms with Crippen molar-refractivity contribution >= 4 is 19.9 Å². The summed E-state index contributed by atoms with van der Waals surface area (Å²) in [7, 11) is -8.18. The van der Waals surface area contributed by atoms with Crippen molar-refractivity contribution in [1.29, 1.82) is 0 Å². The molecule has 0 saturated carbocycles. The fraction of sp³-hybridized carbons (Fsp3) is 0.400. The molecule has 0 aliphatic rings. The van der Waals surface area contributed by atoms with E-state index in [0.29, 0.717) is 0 Å². The fourth-order valence-electron chi connectivity index (χ4n) is 1.19. The van der Waals surface area contributed by atoms with Gasteiger partial charge in [-0.15, -0.1) is 0 Å². The first-order chi connectivity index (χ1) is 9.46. The van der Waals surface area contributed by atoms with Gasteiger partial charge in [0.25, 0.3) is 0 Å². The number of benzene rings is 1. The number of hydrogen-bond donors (Lipinski definition) is 1. The number of nitrogens with zero attached hydrogens (tertiary/aromatic N) is 1. The van der Waals surface area contributed by atoms with Crippen LogP contribution < -0.4 is 4.72 Å². The van der Waals surface area contributed by atoms with Gasteiger partial charge in [0.1, 0.15) is 0 Å². The van der Waals surface area contributed by atoms with Gasteiger partial charge >= 0.3 is 22.6 Å². The molecule has 1 rings (SSSR count). The Morgan fingerprint density at radius 3 is 2.19 bits per heavy atom. The van der Waals surface area contributed by atoms with Crippen LogP contribution in [-0.2, 0) is 19.9 Å². The molecule has 1 aromatic carbocycles. The molecular weight excluding hydrogens is 336 g/mol. The summed E-state index contributed by atoms with van der Waals surface area (Å²) in [5.74, 6) is -4.54. The van der Waals surface area contributed by atoms with Gasteiger partial charge in [-0.1, -0.05) is 22.0 Å². The molecule has 0 spiro atoms. The van der Waals surface area contributed by atoms with Gasteiger partial charge in [-0.2, -0.15) is 21.9 Å². The molecule has 0 saturated heterocycles. The van der Waals surface area contributed by atoms with Crippen LogP contribution in [0.4, 0.5) is 17.6 Å². The lowest BCUT2D eigenvalue weighted by Crippen LogP contribution is -2.40. The number of halogens is 4. The zero-order chi connectivity index (χ0) is 16.3. The quantitative estimate of drug-likeness (QED) is 0.798. The van der Waals surface area contributed by atoms with Crippen molar-refractivity contribution in [2.45, 2.75) is 17.2 Å². The molecule has 0 fully saturated rings. The molecule has 120 valence electrons. The summed E-state index contributed by atoms with van der Waals surface area (Å²) in [5, 5.41) is 0. The van der Waals surface area contributed by atoms with E-state index in [4.69, 9.17) is 0 Å². The monoisotopic (exact) mass is 348 g/mol. The molecule has 0 aliphatic heterocycles. The van der Waals surface area contributed by atoms with Gasteiger partial charge in [0.2, 0.25) is 0 Å². The third-order valence-corrected chi connectivity index (χ3v) is 5.81. The highest BCUT2D eigenvalue weighted by atomic mass is 32.3. The first-order valence-corrected chi connectivity index (χ1v) is 8.77. The van der Waals surface area contributed by atoms with Gasteiger partial charge in [0, 0.05) is 11.2 Å². The van der Waals surface area contributed by atoms with Crippen LogP contribution >= 0.6 is 0 Å². The van der Waals surface area contributed by atoms with Crippen molar-refractivity contribution < 1.29 is 30.2 Å². The Morgan fingerprint density at radius 2 is 1.71 bits per heavy atom. The maximum absolute atomic E-state index is 12.6. The minimum atomic E-state index is -4.77. The van der Waals surface area contributed by atoms with Gasteiger partial charge in [-0.05, 0) is 12.1 Å². The van der Waals surface area contributed by atoms with Crippen molar-refractivity contribution in [3.05, 3.63) is 30.3 Å². The van der Waals surface area contributed by atoms with Crippen LogP contribution in [0.1, 0.15) is 0 Å². The Bertz CT molecular complexity index is 698. The van der Waals surface area contributed by atoms with Crippen molar-refractivity contribution in [3.63, 3.8) is 0 Å². The van der Waals surface area contributed by atoms with Gasteiger partial charge in [0.05, 0.1) is 16.3 Å². The lowest BCUT2D eigenvalue weighted by molar-refractivity contribution is -0.122. The van der Waals surface area contributed by atoms with Crippen LogP contribution in [-0.4, -0.2) is 37.8 Å². The van der Waals surface area contributed by atoms with Gasteiger partial charge in [-0.25, -0.2) is 13.0 Å². The number of rotatable bonds is 6. The van der Waals surface area contributed by atoms with Crippen LogP contribution in [0.2, 0.25) is 0 Å². The second kappa shape index (κ2) is 6.28. The van der Waals surface area contributed by atoms with Crippen LogP contribution in [0, 0.1) is 0 Å². The summed E-state index contributed by atoms with van der Waals surface area (Å²) >= 11 is 0. The Morgan fingerprint density at radius 1 is 1.19 bits per heavy atom. The summed E-state index contributed by atoms with van der Waals surface area (Å²) in [5.41, 5.74) is 0. The van der Waals surface area contributed by atoms with Gasteiger partial charge in [-0.3, -0.25) is 0 Å². The molecule has 1 aromatic rings. The lowest BCUT2D eigenvalue weighted by atomic mass is 10.4. The fourth-order valence-corrected chi connectivity index (χ4v) is 4.28. The third-order valence-electron chi connectivity index (χ3n) is 2.23. The Labute approximate surface area is 119 Å². The second-order valence-electron chi connectivity index (χ2n) is 4.05. The molecule has 11 heteroatoms. The van der Waals surface area contributed by atoms with E-state index in [9.17, 15) is 30.2 Å². The van der Waals surface area contributed by atoms with E-state index >= 15 is 0 Å². The second-order valence-corrected chi connectivity index (χ2v) is 7.96. The van der Waals surface area contributed by atoms with Crippen molar-refractivity contribution in [1.82, 2.24) is 4.72 Å². The van der Waals surface area contributed by atoms with E-state index in [1.165, 1.54) is 29.0 Å². The molecule has 0 amide bonds. The molecule has 1 atom stereocenters. The van der Waals surface area contributed by atoms with E-state index in [1.54, 1.807) is 6.07 Å². The van der Waals surface area contributed by atoms with E-state index in [-0.39, 0.29) is 4.90 Å².